The third-order valence-electron chi connectivity index (χ3n) is 0.893. The van der Waals surface area contributed by atoms with Gasteiger partial charge in [0.1, 0.15) is 0 Å². The third-order valence-corrected chi connectivity index (χ3v) is 3.09. The predicted octanol–water partition coefficient (Wildman–Crippen LogP) is 2.96. The summed E-state index contributed by atoms with van der Waals surface area (Å²) in [4.78, 5) is 1.11. The Morgan fingerprint density at radius 1 is 1.78 bits per heavy atom. The molecule has 0 fully saturated rings. The van der Waals surface area contributed by atoms with E-state index in [1.807, 2.05) is 17.5 Å². The molecular weight excluding hydrogens is 175 g/mol. The second kappa shape index (κ2) is 3.40. The summed E-state index contributed by atoms with van der Waals surface area (Å²) in [6, 6.07) is 3.87. The van der Waals surface area contributed by atoms with Crippen molar-refractivity contribution in [3.05, 3.63) is 22.4 Å². The van der Waals surface area contributed by atoms with Crippen LogP contribution in [-0.4, -0.2) is 0 Å². The van der Waals surface area contributed by atoms with Gasteiger partial charge in [0.05, 0.1) is 0 Å². The number of rotatable bonds is 2. The SMILES string of the molecule is O=[PH](Cl)Cc1cccs1. The highest BCUT2D eigenvalue weighted by atomic mass is 35.7. The number of hydrogen-bond donors (Lipinski definition) is 0. The van der Waals surface area contributed by atoms with Crippen LogP contribution in [0, 0.1) is 0 Å². The summed E-state index contributed by atoms with van der Waals surface area (Å²) in [5.41, 5.74) is 0. The van der Waals surface area contributed by atoms with Gasteiger partial charge in [-0.2, -0.15) is 0 Å². The molecule has 1 unspecified atom stereocenters. The first kappa shape index (κ1) is 7.33. The zero-order chi connectivity index (χ0) is 6.69. The summed E-state index contributed by atoms with van der Waals surface area (Å²) in [5.74, 6) is 0. The van der Waals surface area contributed by atoms with Gasteiger partial charge >= 0.3 is 0 Å². The van der Waals surface area contributed by atoms with Gasteiger partial charge in [-0.3, -0.25) is 0 Å². The molecule has 0 aliphatic heterocycles. The molecule has 1 atom stereocenters. The standard InChI is InChI=1S/C5H6ClOPS/c6-8(7)4-5-2-1-3-9-5/h1-3,8H,4H2. The molecule has 4 heteroatoms. The van der Waals surface area contributed by atoms with E-state index < -0.39 is 7.15 Å². The van der Waals surface area contributed by atoms with Gasteiger partial charge in [0, 0.05) is 11.0 Å². The second-order valence-corrected chi connectivity index (χ2v) is 4.97. The quantitative estimate of drug-likeness (QED) is 0.640. The van der Waals surface area contributed by atoms with Crippen molar-refractivity contribution in [3.8, 4) is 0 Å². The average molecular weight is 181 g/mol. The van der Waals surface area contributed by atoms with Crippen LogP contribution in [-0.2, 0) is 10.7 Å². The molecule has 50 valence electrons. The molecule has 0 saturated carbocycles. The highest BCUT2D eigenvalue weighted by Crippen LogP contribution is 2.32. The second-order valence-electron chi connectivity index (χ2n) is 1.61. The molecule has 1 rings (SSSR count). The lowest BCUT2D eigenvalue weighted by molar-refractivity contribution is 0.595. The lowest BCUT2D eigenvalue weighted by Crippen LogP contribution is -1.63. The van der Waals surface area contributed by atoms with E-state index in [0.717, 1.165) is 4.88 Å². The highest BCUT2D eigenvalue weighted by molar-refractivity contribution is 7.73. The average Bonchev–Trinajstić information content (AvgIpc) is 2.15. The summed E-state index contributed by atoms with van der Waals surface area (Å²) in [6.45, 7) is 0. The molecule has 0 aliphatic rings. The summed E-state index contributed by atoms with van der Waals surface area (Å²) in [6.07, 6.45) is 0.546. The lowest BCUT2D eigenvalue weighted by Gasteiger charge is -1.85. The Labute approximate surface area is 63.2 Å². The van der Waals surface area contributed by atoms with Crippen LogP contribution < -0.4 is 0 Å². The molecule has 0 amide bonds. The summed E-state index contributed by atoms with van der Waals surface area (Å²) in [5, 5.41) is 1.96. The molecular formula is C5H6ClOPS. The summed E-state index contributed by atoms with van der Waals surface area (Å²) < 4.78 is 10.5. The van der Waals surface area contributed by atoms with Gasteiger partial charge < -0.3 is 4.57 Å². The van der Waals surface area contributed by atoms with Gasteiger partial charge in [0.15, 0.2) is 7.15 Å². The van der Waals surface area contributed by atoms with E-state index in [4.69, 9.17) is 11.2 Å². The third kappa shape index (κ3) is 2.53. The van der Waals surface area contributed by atoms with E-state index in [9.17, 15) is 4.57 Å². The van der Waals surface area contributed by atoms with Crippen LogP contribution in [0.1, 0.15) is 4.88 Å². The van der Waals surface area contributed by atoms with Crippen LogP contribution in [0.15, 0.2) is 17.5 Å². The highest BCUT2D eigenvalue weighted by Gasteiger charge is 1.95. The molecule has 9 heavy (non-hydrogen) atoms. The number of thiophene rings is 1. The minimum absolute atomic E-state index is 0.546. The first-order chi connectivity index (χ1) is 4.29. The molecule has 1 nitrogen and oxygen atoms in total. The van der Waals surface area contributed by atoms with E-state index in [2.05, 4.69) is 0 Å². The maximum atomic E-state index is 10.5. The topological polar surface area (TPSA) is 17.1 Å². The Balaban J connectivity index is 2.58. The van der Waals surface area contributed by atoms with Crippen molar-refractivity contribution in [2.45, 2.75) is 6.16 Å². The fourth-order valence-corrected chi connectivity index (χ4v) is 2.83. The van der Waals surface area contributed by atoms with E-state index in [1.54, 1.807) is 11.3 Å². The molecule has 0 bridgehead atoms. The van der Waals surface area contributed by atoms with Gasteiger partial charge in [0.2, 0.25) is 0 Å². The van der Waals surface area contributed by atoms with Crippen molar-refractivity contribution in [3.63, 3.8) is 0 Å². The number of halogens is 1. The van der Waals surface area contributed by atoms with Crippen LogP contribution in [0.25, 0.3) is 0 Å². The van der Waals surface area contributed by atoms with Crippen molar-refractivity contribution in [2.75, 3.05) is 0 Å². The Bertz CT molecular complexity index is 197. The Morgan fingerprint density at radius 2 is 2.56 bits per heavy atom. The predicted molar refractivity (Wildman–Crippen MR) is 42.9 cm³/mol. The smallest absolute Gasteiger partial charge is 0.163 e. The van der Waals surface area contributed by atoms with Crippen LogP contribution in [0.2, 0.25) is 0 Å². The first-order valence-electron chi connectivity index (χ1n) is 2.50. The molecule has 0 N–H and O–H groups in total. The summed E-state index contributed by atoms with van der Waals surface area (Å²) in [7, 11) is -1.82. The van der Waals surface area contributed by atoms with E-state index >= 15 is 0 Å². The molecule has 1 heterocycles. The summed E-state index contributed by atoms with van der Waals surface area (Å²) >= 11 is 6.91. The molecule has 0 aromatic carbocycles. The van der Waals surface area contributed by atoms with Crippen LogP contribution in [0.4, 0.5) is 0 Å². The maximum absolute atomic E-state index is 10.5. The largest absolute Gasteiger partial charge is 0.310 e. The van der Waals surface area contributed by atoms with Gasteiger partial charge in [-0.25, -0.2) is 0 Å². The number of hydrogen-bond acceptors (Lipinski definition) is 2. The minimum Gasteiger partial charge on any atom is -0.310 e. The lowest BCUT2D eigenvalue weighted by atomic mass is 10.5. The maximum Gasteiger partial charge on any atom is 0.163 e. The zero-order valence-electron chi connectivity index (χ0n) is 4.63. The van der Waals surface area contributed by atoms with Crippen LogP contribution in [0.3, 0.4) is 0 Å². The fraction of sp³-hybridized carbons (Fsp3) is 0.200. The van der Waals surface area contributed by atoms with Crippen molar-refractivity contribution >= 4 is 29.7 Å². The van der Waals surface area contributed by atoms with Crippen LogP contribution >= 0.6 is 29.7 Å². The normalized spacial score (nSPS) is 13.4. The fourth-order valence-electron chi connectivity index (χ4n) is 0.550. The molecule has 0 spiro atoms. The molecule has 1 aromatic heterocycles. The van der Waals surface area contributed by atoms with Gasteiger partial charge in [0.25, 0.3) is 0 Å². The molecule has 1 aromatic rings. The van der Waals surface area contributed by atoms with Gasteiger partial charge in [-0.1, -0.05) is 17.3 Å². The Hall–Kier alpha value is 0.220. The van der Waals surface area contributed by atoms with Gasteiger partial charge in [-0.15, -0.1) is 11.3 Å². The van der Waals surface area contributed by atoms with E-state index in [1.165, 1.54) is 0 Å². The van der Waals surface area contributed by atoms with E-state index in [0.29, 0.717) is 6.16 Å². The first-order valence-corrected chi connectivity index (χ1v) is 6.00. The van der Waals surface area contributed by atoms with Crippen molar-refractivity contribution in [2.24, 2.45) is 0 Å². The van der Waals surface area contributed by atoms with Crippen LogP contribution in [0.5, 0.6) is 0 Å². The molecule has 0 saturated heterocycles. The van der Waals surface area contributed by atoms with Crippen molar-refractivity contribution in [1.82, 2.24) is 0 Å². The minimum atomic E-state index is -1.82. The van der Waals surface area contributed by atoms with Crippen molar-refractivity contribution < 1.29 is 4.57 Å². The Kier molecular flexibility index (Phi) is 2.77. The molecule has 0 aliphatic carbocycles. The monoisotopic (exact) mass is 180 g/mol. The zero-order valence-corrected chi connectivity index (χ0v) is 7.21. The van der Waals surface area contributed by atoms with Gasteiger partial charge in [-0.05, 0) is 11.4 Å². The van der Waals surface area contributed by atoms with E-state index in [-0.39, 0.29) is 0 Å². The molecule has 0 radical (unpaired) electrons. The Morgan fingerprint density at radius 3 is 3.00 bits per heavy atom. The van der Waals surface area contributed by atoms with Crippen molar-refractivity contribution in [1.29, 1.82) is 0 Å².